The first kappa shape index (κ1) is 17.3. The van der Waals surface area contributed by atoms with E-state index in [4.69, 9.17) is 9.47 Å². The van der Waals surface area contributed by atoms with Gasteiger partial charge in [-0.2, -0.15) is 0 Å². The van der Waals surface area contributed by atoms with Gasteiger partial charge in [0.25, 0.3) is 5.69 Å². The van der Waals surface area contributed by atoms with Gasteiger partial charge in [-0.05, 0) is 42.3 Å². The van der Waals surface area contributed by atoms with Crippen LogP contribution in [0.5, 0.6) is 11.5 Å². The lowest BCUT2D eigenvalue weighted by Crippen LogP contribution is -2.06. The van der Waals surface area contributed by atoms with E-state index in [1.54, 1.807) is 19.9 Å². The minimum atomic E-state index is -0.494. The number of non-ortho nitro benzene ring substituents is 1. The maximum absolute atomic E-state index is 12.6. The van der Waals surface area contributed by atoms with Crippen LogP contribution in [-0.4, -0.2) is 16.7 Å². The summed E-state index contributed by atoms with van der Waals surface area (Å²) in [5.74, 6) is 0.0787. The summed E-state index contributed by atoms with van der Waals surface area (Å²) in [5, 5.41) is 10.7. The van der Waals surface area contributed by atoms with E-state index < -0.39 is 4.92 Å². The van der Waals surface area contributed by atoms with Gasteiger partial charge in [0, 0.05) is 24.6 Å². The summed E-state index contributed by atoms with van der Waals surface area (Å²) in [6, 6.07) is 8.89. The van der Waals surface area contributed by atoms with Crippen LogP contribution in [-0.2, 0) is 4.79 Å². The second kappa shape index (κ2) is 6.79. The van der Waals surface area contributed by atoms with E-state index in [9.17, 15) is 19.7 Å². The molecular weight excluding hydrogens is 338 g/mol. The Hall–Kier alpha value is -3.48. The number of esters is 1. The van der Waals surface area contributed by atoms with Crippen molar-refractivity contribution in [3.8, 4) is 11.5 Å². The molecule has 1 aliphatic rings. The summed E-state index contributed by atoms with van der Waals surface area (Å²) in [6.07, 6.45) is 1.75. The molecule has 0 amide bonds. The predicted molar refractivity (Wildman–Crippen MR) is 93.1 cm³/mol. The van der Waals surface area contributed by atoms with Gasteiger partial charge in [0.1, 0.15) is 11.5 Å². The van der Waals surface area contributed by atoms with Crippen molar-refractivity contribution in [1.82, 2.24) is 0 Å². The number of Topliss-reactive ketones (excluding diaryl/α,β-unsaturated/α-hetero) is 1. The lowest BCUT2D eigenvalue weighted by atomic mass is 10.0. The van der Waals surface area contributed by atoms with Crippen molar-refractivity contribution in [3.63, 3.8) is 0 Å². The number of hydrogen-bond acceptors (Lipinski definition) is 6. The lowest BCUT2D eigenvalue weighted by Gasteiger charge is -2.06. The van der Waals surface area contributed by atoms with Crippen LogP contribution in [0.3, 0.4) is 0 Å². The molecule has 2 aromatic carbocycles. The van der Waals surface area contributed by atoms with E-state index >= 15 is 0 Å². The second-order valence-electron chi connectivity index (χ2n) is 5.73. The molecule has 0 atom stereocenters. The highest BCUT2D eigenvalue weighted by molar-refractivity contribution is 6.15. The molecule has 0 unspecified atom stereocenters. The molecule has 0 N–H and O–H groups in total. The zero-order valence-electron chi connectivity index (χ0n) is 14.1. The van der Waals surface area contributed by atoms with E-state index in [0.29, 0.717) is 28.2 Å². The molecular formula is C19H15NO6. The van der Waals surface area contributed by atoms with Gasteiger partial charge in [-0.25, -0.2) is 0 Å². The molecule has 1 aliphatic heterocycles. The van der Waals surface area contributed by atoms with Crippen LogP contribution in [0.4, 0.5) is 5.69 Å². The lowest BCUT2D eigenvalue weighted by molar-refractivity contribution is -0.384. The molecule has 0 radical (unpaired) electrons. The van der Waals surface area contributed by atoms with Crippen LogP contribution < -0.4 is 9.47 Å². The van der Waals surface area contributed by atoms with Crippen LogP contribution in [0.1, 0.15) is 34.8 Å². The molecule has 0 aromatic heterocycles. The number of carbonyl (C=O) groups is 2. The molecule has 7 heteroatoms. The molecule has 26 heavy (non-hydrogen) atoms. The van der Waals surface area contributed by atoms with Gasteiger partial charge in [-0.1, -0.05) is 6.92 Å². The third kappa shape index (κ3) is 3.32. The molecule has 7 nitrogen and oxygen atoms in total. The van der Waals surface area contributed by atoms with Crippen molar-refractivity contribution in [3.05, 3.63) is 69.0 Å². The van der Waals surface area contributed by atoms with Crippen molar-refractivity contribution in [2.75, 3.05) is 0 Å². The topological polar surface area (TPSA) is 95.7 Å². The number of rotatable bonds is 4. The number of benzene rings is 2. The second-order valence-corrected chi connectivity index (χ2v) is 5.73. The zero-order valence-corrected chi connectivity index (χ0v) is 14.1. The first-order valence-corrected chi connectivity index (χ1v) is 7.93. The number of fused-ring (bicyclic) bond motifs is 1. The number of ketones is 1. The van der Waals surface area contributed by atoms with E-state index in [1.807, 2.05) is 0 Å². The van der Waals surface area contributed by atoms with E-state index in [2.05, 4.69) is 0 Å². The smallest absolute Gasteiger partial charge is 0.310 e. The molecule has 2 aromatic rings. The van der Waals surface area contributed by atoms with Gasteiger partial charge in [-0.3, -0.25) is 19.7 Å². The van der Waals surface area contributed by atoms with Crippen molar-refractivity contribution in [2.24, 2.45) is 0 Å². The average molecular weight is 353 g/mol. The van der Waals surface area contributed by atoms with Gasteiger partial charge in [0.05, 0.1) is 10.5 Å². The average Bonchev–Trinajstić information content (AvgIpc) is 2.91. The summed E-state index contributed by atoms with van der Waals surface area (Å²) in [5.41, 5.74) is 1.61. The first-order valence-electron chi connectivity index (χ1n) is 7.93. The zero-order chi connectivity index (χ0) is 18.8. The fraction of sp³-hybridized carbons (Fsp3) is 0.158. The van der Waals surface area contributed by atoms with Gasteiger partial charge in [0.15, 0.2) is 5.76 Å². The van der Waals surface area contributed by atoms with Gasteiger partial charge in [-0.15, -0.1) is 0 Å². The third-order valence-electron chi connectivity index (χ3n) is 3.87. The summed E-state index contributed by atoms with van der Waals surface area (Å²) >= 11 is 0. The Bertz CT molecular complexity index is 943. The van der Waals surface area contributed by atoms with Gasteiger partial charge in [0.2, 0.25) is 5.78 Å². The van der Waals surface area contributed by atoms with E-state index in [1.165, 1.54) is 36.4 Å². The quantitative estimate of drug-likeness (QED) is 0.272. The Morgan fingerprint density at radius 1 is 1.27 bits per heavy atom. The number of carbonyl (C=O) groups excluding carboxylic acids is 2. The fourth-order valence-corrected chi connectivity index (χ4v) is 2.58. The molecule has 0 spiro atoms. The Kier molecular flexibility index (Phi) is 4.53. The Morgan fingerprint density at radius 2 is 1.96 bits per heavy atom. The summed E-state index contributed by atoms with van der Waals surface area (Å²) in [7, 11) is 0. The molecule has 1 heterocycles. The molecule has 0 fully saturated rings. The number of nitro groups is 1. The van der Waals surface area contributed by atoms with Crippen LogP contribution in [0.25, 0.3) is 6.08 Å². The van der Waals surface area contributed by atoms with Crippen LogP contribution in [0.2, 0.25) is 0 Å². The number of nitrogens with zero attached hydrogens (tertiary/aromatic N) is 1. The SMILES string of the molecule is CCC(=O)Oc1cc(C)c2c(c1)O/C(=C\c1ccc([N+](=O)[O-])cc1)C2=O. The molecule has 0 aliphatic carbocycles. The highest BCUT2D eigenvalue weighted by Gasteiger charge is 2.30. The van der Waals surface area contributed by atoms with E-state index in [-0.39, 0.29) is 29.6 Å². The van der Waals surface area contributed by atoms with Crippen molar-refractivity contribution < 1.29 is 24.0 Å². The minimum Gasteiger partial charge on any atom is -0.452 e. The third-order valence-corrected chi connectivity index (χ3v) is 3.87. The maximum Gasteiger partial charge on any atom is 0.310 e. The van der Waals surface area contributed by atoms with Gasteiger partial charge >= 0.3 is 5.97 Å². The van der Waals surface area contributed by atoms with Crippen LogP contribution >= 0.6 is 0 Å². The van der Waals surface area contributed by atoms with E-state index in [0.717, 1.165) is 0 Å². The van der Waals surface area contributed by atoms with Gasteiger partial charge < -0.3 is 9.47 Å². The first-order chi connectivity index (χ1) is 12.4. The summed E-state index contributed by atoms with van der Waals surface area (Å²) in [6.45, 7) is 3.42. The number of nitro benzene ring substituents is 1. The minimum absolute atomic E-state index is 0.0349. The molecule has 0 bridgehead atoms. The molecule has 3 rings (SSSR count). The van der Waals surface area contributed by atoms with Crippen molar-refractivity contribution in [1.29, 1.82) is 0 Å². The van der Waals surface area contributed by atoms with Crippen molar-refractivity contribution in [2.45, 2.75) is 20.3 Å². The normalized spacial score (nSPS) is 14.1. The summed E-state index contributed by atoms with van der Waals surface area (Å²) < 4.78 is 10.8. The number of ether oxygens (including phenoxy) is 2. The highest BCUT2D eigenvalue weighted by Crippen LogP contribution is 2.37. The van der Waals surface area contributed by atoms with Crippen LogP contribution in [0, 0.1) is 17.0 Å². The molecule has 0 saturated carbocycles. The number of hydrogen-bond donors (Lipinski definition) is 0. The largest absolute Gasteiger partial charge is 0.452 e. The monoisotopic (exact) mass is 353 g/mol. The standard InChI is InChI=1S/C19H15NO6/c1-3-17(21)25-14-8-11(2)18-15(10-14)26-16(19(18)22)9-12-4-6-13(7-5-12)20(23)24/h4-10H,3H2,1-2H3/b16-9-. The Labute approximate surface area is 149 Å². The maximum atomic E-state index is 12.6. The fourth-order valence-electron chi connectivity index (χ4n) is 2.58. The number of aryl methyl sites for hydroxylation is 1. The summed E-state index contributed by atoms with van der Waals surface area (Å²) in [4.78, 5) is 34.2. The predicted octanol–water partition coefficient (Wildman–Crippen LogP) is 3.83. The Morgan fingerprint density at radius 3 is 2.58 bits per heavy atom. The van der Waals surface area contributed by atoms with Crippen LogP contribution in [0.15, 0.2) is 42.2 Å². The highest BCUT2D eigenvalue weighted by atomic mass is 16.6. The van der Waals surface area contributed by atoms with Crippen molar-refractivity contribution >= 4 is 23.5 Å². The number of allylic oxidation sites excluding steroid dienone is 1. The Balaban J connectivity index is 1.90. The molecule has 0 saturated heterocycles. The molecule has 132 valence electrons.